The molecular formula is C23H21N3O5. The van der Waals surface area contributed by atoms with E-state index in [0.29, 0.717) is 31.1 Å². The molecule has 31 heavy (non-hydrogen) atoms. The van der Waals surface area contributed by atoms with E-state index in [9.17, 15) is 9.59 Å². The SMILES string of the molecule is O=C(NCc1cccnc1)[C@@H]1[C@@H]2C=C[C@@]3(CN(Cc4ccc5c(c4)OCO5)C(=O)[C@@H]13)O2. The quantitative estimate of drug-likeness (QED) is 0.737. The Balaban J connectivity index is 1.19. The smallest absolute Gasteiger partial charge is 0.231 e. The lowest BCUT2D eigenvalue weighted by atomic mass is 9.77. The molecule has 1 spiro atoms. The first-order chi connectivity index (χ1) is 15.1. The van der Waals surface area contributed by atoms with Crippen molar-refractivity contribution in [3.05, 3.63) is 66.0 Å². The predicted octanol–water partition coefficient (Wildman–Crippen LogP) is 1.41. The number of rotatable bonds is 5. The Morgan fingerprint density at radius 3 is 3.00 bits per heavy atom. The molecule has 1 aromatic heterocycles. The average Bonchev–Trinajstić information content (AvgIpc) is 3.54. The summed E-state index contributed by atoms with van der Waals surface area (Å²) in [6.07, 6.45) is 6.92. The highest BCUT2D eigenvalue weighted by atomic mass is 16.7. The molecule has 2 fully saturated rings. The van der Waals surface area contributed by atoms with Crippen LogP contribution >= 0.6 is 0 Å². The monoisotopic (exact) mass is 419 g/mol. The minimum absolute atomic E-state index is 0.0500. The number of pyridine rings is 1. The van der Waals surface area contributed by atoms with Gasteiger partial charge < -0.3 is 24.4 Å². The summed E-state index contributed by atoms with van der Waals surface area (Å²) in [5, 5.41) is 2.95. The van der Waals surface area contributed by atoms with Gasteiger partial charge in [0.15, 0.2) is 11.5 Å². The van der Waals surface area contributed by atoms with Gasteiger partial charge in [-0.25, -0.2) is 0 Å². The molecule has 4 atom stereocenters. The second-order valence-electron chi connectivity index (χ2n) is 8.36. The lowest BCUT2D eigenvalue weighted by Gasteiger charge is -2.23. The number of nitrogens with one attached hydrogen (secondary N) is 1. The molecule has 1 N–H and O–H groups in total. The standard InChI is InChI=1S/C23H21N3O5/c27-21(25-10-15-2-1-7-24-9-15)19-17-5-6-23(31-17)12-26(22(28)20(19)23)11-14-3-4-16-18(8-14)30-13-29-16/h1-9,17,19-20H,10-13H2,(H,25,27)/t17-,19+,20+,23-/m0/s1. The van der Waals surface area contributed by atoms with Crippen LogP contribution in [0.4, 0.5) is 0 Å². The van der Waals surface area contributed by atoms with Gasteiger partial charge in [0.2, 0.25) is 18.6 Å². The molecule has 0 radical (unpaired) electrons. The van der Waals surface area contributed by atoms with Gasteiger partial charge in [0.05, 0.1) is 24.5 Å². The van der Waals surface area contributed by atoms with Gasteiger partial charge in [-0.1, -0.05) is 24.3 Å². The molecule has 5 heterocycles. The van der Waals surface area contributed by atoms with Crippen molar-refractivity contribution in [1.29, 1.82) is 0 Å². The molecule has 0 saturated carbocycles. The highest BCUT2D eigenvalue weighted by molar-refractivity contribution is 5.93. The maximum atomic E-state index is 13.4. The van der Waals surface area contributed by atoms with E-state index >= 15 is 0 Å². The van der Waals surface area contributed by atoms with Crippen molar-refractivity contribution in [1.82, 2.24) is 15.2 Å². The first-order valence-corrected chi connectivity index (χ1v) is 10.3. The third-order valence-electron chi connectivity index (χ3n) is 6.48. The Morgan fingerprint density at radius 2 is 2.13 bits per heavy atom. The summed E-state index contributed by atoms with van der Waals surface area (Å²) < 4.78 is 17.0. The van der Waals surface area contributed by atoms with Gasteiger partial charge >= 0.3 is 0 Å². The van der Waals surface area contributed by atoms with Crippen LogP contribution in [-0.2, 0) is 27.4 Å². The van der Waals surface area contributed by atoms with E-state index in [4.69, 9.17) is 14.2 Å². The molecule has 8 nitrogen and oxygen atoms in total. The molecular weight excluding hydrogens is 398 g/mol. The fourth-order valence-corrected chi connectivity index (χ4v) is 5.08. The number of fused-ring (bicyclic) bond motifs is 2. The van der Waals surface area contributed by atoms with E-state index in [1.807, 2.05) is 42.5 Å². The van der Waals surface area contributed by atoms with E-state index in [1.54, 1.807) is 17.3 Å². The topological polar surface area (TPSA) is 90.0 Å². The van der Waals surface area contributed by atoms with Crippen LogP contribution in [-0.4, -0.2) is 46.7 Å². The highest BCUT2D eigenvalue weighted by Crippen LogP contribution is 2.52. The van der Waals surface area contributed by atoms with Gasteiger partial charge in [0.25, 0.3) is 0 Å². The van der Waals surface area contributed by atoms with Crippen LogP contribution < -0.4 is 14.8 Å². The highest BCUT2D eigenvalue weighted by Gasteiger charge is 2.66. The normalized spacial score (nSPS) is 29.5. The predicted molar refractivity (Wildman–Crippen MR) is 108 cm³/mol. The van der Waals surface area contributed by atoms with Crippen LogP contribution in [0.5, 0.6) is 11.5 Å². The maximum absolute atomic E-state index is 13.4. The first kappa shape index (κ1) is 18.4. The molecule has 2 saturated heterocycles. The summed E-state index contributed by atoms with van der Waals surface area (Å²) in [6.45, 7) is 1.45. The summed E-state index contributed by atoms with van der Waals surface area (Å²) in [7, 11) is 0. The molecule has 0 aliphatic carbocycles. The largest absolute Gasteiger partial charge is 0.454 e. The third kappa shape index (κ3) is 2.90. The number of aromatic nitrogens is 1. The second-order valence-corrected chi connectivity index (χ2v) is 8.36. The van der Waals surface area contributed by atoms with Crippen LogP contribution in [0.15, 0.2) is 54.9 Å². The molecule has 2 bridgehead atoms. The van der Waals surface area contributed by atoms with Crippen molar-refractivity contribution in [2.24, 2.45) is 11.8 Å². The molecule has 2 aromatic rings. The van der Waals surface area contributed by atoms with Crippen molar-refractivity contribution in [2.75, 3.05) is 13.3 Å². The number of nitrogens with zero attached hydrogens (tertiary/aromatic N) is 2. The Hall–Kier alpha value is -3.39. The maximum Gasteiger partial charge on any atom is 0.231 e. The number of amides is 2. The van der Waals surface area contributed by atoms with Crippen LogP contribution in [0, 0.1) is 11.8 Å². The number of hydrogen-bond donors (Lipinski definition) is 1. The second kappa shape index (κ2) is 6.81. The summed E-state index contributed by atoms with van der Waals surface area (Å²) in [4.78, 5) is 32.2. The Bertz CT molecular complexity index is 1090. The zero-order valence-electron chi connectivity index (χ0n) is 16.7. The third-order valence-corrected chi connectivity index (χ3v) is 6.48. The van der Waals surface area contributed by atoms with Crippen LogP contribution in [0.3, 0.4) is 0 Å². The molecule has 158 valence electrons. The number of carbonyl (C=O) groups excluding carboxylic acids is 2. The lowest BCUT2D eigenvalue weighted by Crippen LogP contribution is -2.43. The lowest BCUT2D eigenvalue weighted by molar-refractivity contribution is -0.137. The zero-order chi connectivity index (χ0) is 21.0. The summed E-state index contributed by atoms with van der Waals surface area (Å²) >= 11 is 0. The van der Waals surface area contributed by atoms with Crippen molar-refractivity contribution < 1.29 is 23.8 Å². The van der Waals surface area contributed by atoms with Gasteiger partial charge in [-0.2, -0.15) is 0 Å². The molecule has 4 aliphatic heterocycles. The minimum Gasteiger partial charge on any atom is -0.454 e. The van der Waals surface area contributed by atoms with Gasteiger partial charge in [-0.05, 0) is 29.3 Å². The van der Waals surface area contributed by atoms with Crippen molar-refractivity contribution in [2.45, 2.75) is 24.8 Å². The number of benzene rings is 1. The van der Waals surface area contributed by atoms with E-state index in [1.165, 1.54) is 0 Å². The molecule has 8 heteroatoms. The van der Waals surface area contributed by atoms with Gasteiger partial charge in [-0.3, -0.25) is 14.6 Å². The van der Waals surface area contributed by atoms with E-state index < -0.39 is 17.4 Å². The van der Waals surface area contributed by atoms with Crippen LogP contribution in [0.2, 0.25) is 0 Å². The average molecular weight is 419 g/mol. The summed E-state index contributed by atoms with van der Waals surface area (Å²) in [5.41, 5.74) is 1.13. The molecule has 4 aliphatic rings. The zero-order valence-corrected chi connectivity index (χ0v) is 16.7. The molecule has 1 aromatic carbocycles. The van der Waals surface area contributed by atoms with Crippen LogP contribution in [0.25, 0.3) is 0 Å². The van der Waals surface area contributed by atoms with E-state index in [-0.39, 0.29) is 24.7 Å². The Kier molecular flexibility index (Phi) is 4.04. The molecule has 2 amide bonds. The Morgan fingerprint density at radius 1 is 1.23 bits per heavy atom. The minimum atomic E-state index is -0.728. The summed E-state index contributed by atoms with van der Waals surface area (Å²) in [6, 6.07) is 9.41. The molecule has 0 unspecified atom stereocenters. The number of carbonyl (C=O) groups is 2. The summed E-state index contributed by atoms with van der Waals surface area (Å²) in [5.74, 6) is 0.144. The fraction of sp³-hybridized carbons (Fsp3) is 0.348. The van der Waals surface area contributed by atoms with Crippen molar-refractivity contribution in [3.63, 3.8) is 0 Å². The Labute approximate surface area is 178 Å². The van der Waals surface area contributed by atoms with E-state index in [2.05, 4.69) is 10.3 Å². The van der Waals surface area contributed by atoms with Crippen LogP contribution in [0.1, 0.15) is 11.1 Å². The van der Waals surface area contributed by atoms with E-state index in [0.717, 1.165) is 11.1 Å². The first-order valence-electron chi connectivity index (χ1n) is 10.3. The number of ether oxygens (including phenoxy) is 3. The van der Waals surface area contributed by atoms with Gasteiger partial charge in [-0.15, -0.1) is 0 Å². The van der Waals surface area contributed by atoms with Crippen molar-refractivity contribution >= 4 is 11.8 Å². The fourth-order valence-electron chi connectivity index (χ4n) is 5.08. The number of likely N-dealkylation sites (tertiary alicyclic amines) is 1. The number of hydrogen-bond acceptors (Lipinski definition) is 6. The van der Waals surface area contributed by atoms with Crippen molar-refractivity contribution in [3.8, 4) is 11.5 Å². The van der Waals surface area contributed by atoms with Gasteiger partial charge in [0, 0.05) is 25.5 Å². The molecule has 6 rings (SSSR count). The van der Waals surface area contributed by atoms with Gasteiger partial charge in [0.1, 0.15) is 5.60 Å².